The molecule has 0 fully saturated rings. The molecule has 2 N–H and O–H groups in total. The molecule has 0 amide bonds. The van der Waals surface area contributed by atoms with E-state index in [1.54, 1.807) is 0 Å². The van der Waals surface area contributed by atoms with Crippen LogP contribution in [0.25, 0.3) is 0 Å². The molecule has 0 aliphatic carbocycles. The van der Waals surface area contributed by atoms with Crippen molar-refractivity contribution in [2.45, 2.75) is 11.3 Å². The first-order valence-corrected chi connectivity index (χ1v) is 7.95. The summed E-state index contributed by atoms with van der Waals surface area (Å²) in [5.74, 6) is 0.515. The Balaban J connectivity index is 2.19. The number of nitro benzene ring substituents is 1. The van der Waals surface area contributed by atoms with Crippen LogP contribution in [0.15, 0.2) is 33.9 Å². The molecule has 0 unspecified atom stereocenters. The number of nitro groups is 1. The van der Waals surface area contributed by atoms with Crippen molar-refractivity contribution < 1.29 is 13.3 Å². The zero-order chi connectivity index (χ0) is 15.5. The van der Waals surface area contributed by atoms with Crippen molar-refractivity contribution >= 4 is 31.6 Å². The number of hydrogen-bond acceptors (Lipinski definition) is 6. The van der Waals surface area contributed by atoms with E-state index in [0.29, 0.717) is 16.7 Å². The van der Waals surface area contributed by atoms with Crippen LogP contribution in [0, 0.1) is 10.1 Å². The van der Waals surface area contributed by atoms with Crippen molar-refractivity contribution in [3.63, 3.8) is 0 Å². The molecule has 0 aliphatic heterocycles. The van der Waals surface area contributed by atoms with E-state index in [4.69, 9.17) is 0 Å². The van der Waals surface area contributed by atoms with E-state index in [-0.39, 0.29) is 11.4 Å². The van der Waals surface area contributed by atoms with Gasteiger partial charge < -0.3 is 0 Å². The summed E-state index contributed by atoms with van der Waals surface area (Å²) < 4.78 is 27.0. The highest BCUT2D eigenvalue weighted by molar-refractivity contribution is 9.10. The molecule has 0 atom stereocenters. The van der Waals surface area contributed by atoms with Crippen molar-refractivity contribution in [3.05, 3.63) is 44.9 Å². The summed E-state index contributed by atoms with van der Waals surface area (Å²) in [6.07, 6.45) is 1.60. The largest absolute Gasteiger partial charge is 0.289 e. The average Bonchev–Trinajstić information content (AvgIpc) is 2.91. The Hall–Kier alpha value is -1.85. The van der Waals surface area contributed by atoms with Crippen molar-refractivity contribution in [1.82, 2.24) is 19.9 Å². The van der Waals surface area contributed by atoms with Crippen molar-refractivity contribution in [3.8, 4) is 0 Å². The van der Waals surface area contributed by atoms with E-state index >= 15 is 0 Å². The normalized spacial score (nSPS) is 11.5. The van der Waals surface area contributed by atoms with Gasteiger partial charge in [-0.25, -0.2) is 18.1 Å². The molecule has 0 bridgehead atoms. The molecule has 9 nitrogen and oxygen atoms in total. The van der Waals surface area contributed by atoms with E-state index in [9.17, 15) is 18.5 Å². The van der Waals surface area contributed by atoms with Crippen molar-refractivity contribution in [2.75, 3.05) is 6.54 Å². The number of hydrogen-bond donors (Lipinski definition) is 2. The number of aromatic nitrogens is 3. The van der Waals surface area contributed by atoms with E-state index < -0.39 is 20.6 Å². The third-order valence-electron chi connectivity index (χ3n) is 2.53. The molecule has 1 aromatic heterocycles. The summed E-state index contributed by atoms with van der Waals surface area (Å²) in [6.45, 7) is 0.0429. The van der Waals surface area contributed by atoms with Crippen LogP contribution in [-0.4, -0.2) is 35.1 Å². The number of benzene rings is 1. The molecule has 1 aromatic carbocycles. The lowest BCUT2D eigenvalue weighted by Gasteiger charge is -2.07. The number of aromatic amines is 1. The monoisotopic (exact) mass is 375 g/mol. The van der Waals surface area contributed by atoms with E-state index in [1.165, 1.54) is 18.5 Å². The molecule has 1 heterocycles. The van der Waals surface area contributed by atoms with Gasteiger partial charge in [-0.3, -0.25) is 15.2 Å². The van der Waals surface area contributed by atoms with Gasteiger partial charge in [-0.1, -0.05) is 15.9 Å². The Bertz CT molecular complexity index is 747. The van der Waals surface area contributed by atoms with E-state index in [0.717, 1.165) is 6.07 Å². The number of nitrogens with zero attached hydrogens (tertiary/aromatic N) is 3. The smallest absolute Gasteiger partial charge is 0.263 e. The molecule has 2 rings (SSSR count). The fourth-order valence-electron chi connectivity index (χ4n) is 1.59. The molecule has 0 aliphatic rings. The lowest BCUT2D eigenvalue weighted by molar-refractivity contribution is -0.387. The molecule has 21 heavy (non-hydrogen) atoms. The Morgan fingerprint density at radius 3 is 2.81 bits per heavy atom. The minimum Gasteiger partial charge on any atom is -0.263 e. The molecule has 112 valence electrons. The Kier molecular flexibility index (Phi) is 4.65. The van der Waals surface area contributed by atoms with Crippen LogP contribution in [0.2, 0.25) is 0 Å². The van der Waals surface area contributed by atoms with Crippen LogP contribution in [-0.2, 0) is 16.4 Å². The number of H-pyrrole nitrogens is 1. The van der Waals surface area contributed by atoms with Gasteiger partial charge >= 0.3 is 0 Å². The van der Waals surface area contributed by atoms with Crippen LogP contribution in [0.1, 0.15) is 5.82 Å². The topological polar surface area (TPSA) is 131 Å². The zero-order valence-electron chi connectivity index (χ0n) is 10.5. The fourth-order valence-corrected chi connectivity index (χ4v) is 3.33. The maximum absolute atomic E-state index is 12.2. The molecule has 0 saturated carbocycles. The highest BCUT2D eigenvalue weighted by Gasteiger charge is 2.25. The van der Waals surface area contributed by atoms with Gasteiger partial charge in [0.25, 0.3) is 5.69 Å². The quantitative estimate of drug-likeness (QED) is 0.571. The summed E-state index contributed by atoms with van der Waals surface area (Å²) >= 11 is 3.10. The number of halogens is 1. The molecular weight excluding hydrogens is 366 g/mol. The summed E-state index contributed by atoms with van der Waals surface area (Å²) in [7, 11) is -4.00. The number of rotatable bonds is 6. The molecule has 2 aromatic rings. The Morgan fingerprint density at radius 1 is 1.43 bits per heavy atom. The van der Waals surface area contributed by atoms with Crippen molar-refractivity contribution in [1.29, 1.82) is 0 Å². The second-order valence-corrected chi connectivity index (χ2v) is 6.60. The maximum atomic E-state index is 12.2. The molecule has 0 spiro atoms. The molecule has 0 radical (unpaired) electrons. The second-order valence-electron chi connectivity index (χ2n) is 3.95. The Morgan fingerprint density at radius 2 is 2.19 bits per heavy atom. The number of nitrogens with one attached hydrogen (secondary N) is 2. The van der Waals surface area contributed by atoms with Gasteiger partial charge in [0.05, 0.1) is 4.92 Å². The highest BCUT2D eigenvalue weighted by atomic mass is 79.9. The first-order chi connectivity index (χ1) is 9.90. The minimum atomic E-state index is -4.00. The third-order valence-corrected chi connectivity index (χ3v) is 4.51. The predicted molar refractivity (Wildman–Crippen MR) is 76.1 cm³/mol. The van der Waals surface area contributed by atoms with Gasteiger partial charge in [-0.15, -0.1) is 0 Å². The van der Waals surface area contributed by atoms with Crippen LogP contribution in [0.5, 0.6) is 0 Å². The minimum absolute atomic E-state index is 0.0429. The van der Waals surface area contributed by atoms with Gasteiger partial charge in [-0.2, -0.15) is 5.10 Å². The average molecular weight is 376 g/mol. The van der Waals surface area contributed by atoms with Crippen LogP contribution >= 0.6 is 15.9 Å². The van der Waals surface area contributed by atoms with Gasteiger partial charge in [0.2, 0.25) is 10.0 Å². The first kappa shape index (κ1) is 15.5. The van der Waals surface area contributed by atoms with E-state index in [1.807, 2.05) is 0 Å². The third kappa shape index (κ3) is 3.83. The lowest BCUT2D eigenvalue weighted by Crippen LogP contribution is -2.27. The maximum Gasteiger partial charge on any atom is 0.289 e. The lowest BCUT2D eigenvalue weighted by atomic mass is 10.3. The number of sulfonamides is 1. The Labute approximate surface area is 128 Å². The SMILES string of the molecule is O=[N+]([O-])c1ccc(Br)cc1S(=O)(=O)NCCc1ncn[nH]1. The summed E-state index contributed by atoms with van der Waals surface area (Å²) in [5.41, 5.74) is -0.481. The molecular formula is C10H10BrN5O4S. The highest BCUT2D eigenvalue weighted by Crippen LogP contribution is 2.26. The van der Waals surface area contributed by atoms with Crippen LogP contribution in [0.3, 0.4) is 0 Å². The molecule has 0 saturated heterocycles. The fraction of sp³-hybridized carbons (Fsp3) is 0.200. The zero-order valence-corrected chi connectivity index (χ0v) is 12.9. The van der Waals surface area contributed by atoms with Gasteiger partial charge in [0.15, 0.2) is 4.90 Å². The summed E-state index contributed by atoms with van der Waals surface area (Å²) in [5, 5.41) is 17.1. The predicted octanol–water partition coefficient (Wildman–Crippen LogP) is 0.996. The second kappa shape index (κ2) is 6.28. The summed E-state index contributed by atoms with van der Waals surface area (Å²) in [4.78, 5) is 13.6. The van der Waals surface area contributed by atoms with E-state index in [2.05, 4.69) is 35.8 Å². The van der Waals surface area contributed by atoms with Crippen LogP contribution < -0.4 is 4.72 Å². The van der Waals surface area contributed by atoms with Crippen molar-refractivity contribution in [2.24, 2.45) is 0 Å². The van der Waals surface area contributed by atoms with Gasteiger partial charge in [0.1, 0.15) is 12.2 Å². The molecule has 11 heteroatoms. The standard InChI is InChI=1S/C10H10BrN5O4S/c11-7-1-2-8(16(17)18)9(5-7)21(19,20)14-4-3-10-12-6-13-15-10/h1-2,5-6,14H,3-4H2,(H,12,13,15). The summed E-state index contributed by atoms with van der Waals surface area (Å²) in [6, 6.07) is 3.73. The van der Waals surface area contributed by atoms with Gasteiger partial charge in [-0.05, 0) is 12.1 Å². The van der Waals surface area contributed by atoms with Gasteiger partial charge in [0, 0.05) is 23.5 Å². The first-order valence-electron chi connectivity index (χ1n) is 5.68. The van der Waals surface area contributed by atoms with Crippen LogP contribution in [0.4, 0.5) is 5.69 Å².